The third-order valence-corrected chi connectivity index (χ3v) is 5.27. The van der Waals surface area contributed by atoms with Crippen molar-refractivity contribution in [2.45, 2.75) is 13.0 Å². The number of nitrogens with zero attached hydrogens (tertiary/aromatic N) is 5. The minimum atomic E-state index is 0.483. The molecule has 0 saturated heterocycles. The lowest BCUT2D eigenvalue weighted by molar-refractivity contribution is 0.395. The number of methoxy groups -OCH3 is 2. The minimum Gasteiger partial charge on any atom is -0.497 e. The SMILES string of the molecule is COc1cc(Nc2nc3c(N4CCc5ccccc5C4)nccn3n2)cc(OC)c1. The molecule has 2 aromatic carbocycles. The first-order valence-electron chi connectivity index (χ1n) is 9.77. The van der Waals surface area contributed by atoms with E-state index in [0.717, 1.165) is 31.0 Å². The summed E-state index contributed by atoms with van der Waals surface area (Å²) >= 11 is 0. The Kier molecular flexibility index (Phi) is 4.59. The Morgan fingerprint density at radius 1 is 1.00 bits per heavy atom. The first-order valence-corrected chi connectivity index (χ1v) is 9.77. The van der Waals surface area contributed by atoms with Crippen molar-refractivity contribution in [2.75, 3.05) is 31.0 Å². The molecule has 1 aliphatic rings. The van der Waals surface area contributed by atoms with Crippen molar-refractivity contribution in [3.05, 3.63) is 66.0 Å². The van der Waals surface area contributed by atoms with Crippen LogP contribution in [0.1, 0.15) is 11.1 Å². The summed E-state index contributed by atoms with van der Waals surface area (Å²) in [5.74, 6) is 2.69. The predicted octanol–water partition coefficient (Wildman–Crippen LogP) is 3.45. The van der Waals surface area contributed by atoms with E-state index in [0.29, 0.717) is 23.1 Å². The lowest BCUT2D eigenvalue weighted by Gasteiger charge is -2.29. The van der Waals surface area contributed by atoms with Gasteiger partial charge in [0.2, 0.25) is 5.95 Å². The molecule has 3 heterocycles. The standard InChI is InChI=1S/C22H22N6O2/c1-29-18-11-17(12-19(13-18)30-2)24-22-25-21-20(23-8-10-28(21)26-22)27-9-7-15-5-3-4-6-16(15)14-27/h3-6,8,10-13H,7,9,14H2,1-2H3,(H,24,26). The van der Waals surface area contributed by atoms with Gasteiger partial charge in [0.05, 0.1) is 14.2 Å². The highest BCUT2D eigenvalue weighted by atomic mass is 16.5. The highest BCUT2D eigenvalue weighted by Gasteiger charge is 2.21. The Morgan fingerprint density at radius 3 is 2.53 bits per heavy atom. The van der Waals surface area contributed by atoms with Gasteiger partial charge in [-0.05, 0) is 17.5 Å². The number of rotatable bonds is 5. The van der Waals surface area contributed by atoms with E-state index in [1.165, 1.54) is 11.1 Å². The third-order valence-electron chi connectivity index (χ3n) is 5.27. The maximum Gasteiger partial charge on any atom is 0.247 e. The molecule has 0 bridgehead atoms. The summed E-state index contributed by atoms with van der Waals surface area (Å²) in [6.07, 6.45) is 4.55. The number of hydrogen-bond acceptors (Lipinski definition) is 7. The Bertz CT molecular complexity index is 1180. The molecule has 1 aliphatic heterocycles. The molecule has 0 atom stereocenters. The van der Waals surface area contributed by atoms with Gasteiger partial charge in [-0.15, -0.1) is 5.10 Å². The molecule has 0 aliphatic carbocycles. The second-order valence-corrected chi connectivity index (χ2v) is 7.12. The zero-order valence-electron chi connectivity index (χ0n) is 16.9. The van der Waals surface area contributed by atoms with Crippen molar-refractivity contribution in [2.24, 2.45) is 0 Å². The van der Waals surface area contributed by atoms with Crippen LogP contribution in [0.15, 0.2) is 54.9 Å². The maximum atomic E-state index is 5.34. The van der Waals surface area contributed by atoms with Gasteiger partial charge >= 0.3 is 0 Å². The fourth-order valence-electron chi connectivity index (χ4n) is 3.77. The Hall–Kier alpha value is -3.81. The molecular formula is C22H22N6O2. The van der Waals surface area contributed by atoms with Crippen LogP contribution in [0, 0.1) is 0 Å². The summed E-state index contributed by atoms with van der Waals surface area (Å²) in [7, 11) is 3.24. The highest BCUT2D eigenvalue weighted by Crippen LogP contribution is 2.29. The summed E-state index contributed by atoms with van der Waals surface area (Å²) in [6, 6.07) is 14.1. The fourth-order valence-corrected chi connectivity index (χ4v) is 3.77. The van der Waals surface area contributed by atoms with Gasteiger partial charge in [0.1, 0.15) is 11.5 Å². The average Bonchev–Trinajstić information content (AvgIpc) is 3.20. The van der Waals surface area contributed by atoms with Crippen LogP contribution in [0.4, 0.5) is 17.5 Å². The molecule has 0 radical (unpaired) electrons. The molecule has 8 nitrogen and oxygen atoms in total. The van der Waals surface area contributed by atoms with E-state index in [1.807, 2.05) is 18.2 Å². The summed E-state index contributed by atoms with van der Waals surface area (Å²) in [4.78, 5) is 11.6. The lowest BCUT2D eigenvalue weighted by Crippen LogP contribution is -2.31. The maximum absolute atomic E-state index is 5.34. The van der Waals surface area contributed by atoms with Crippen LogP contribution in [0.25, 0.3) is 5.65 Å². The zero-order chi connectivity index (χ0) is 20.5. The van der Waals surface area contributed by atoms with Gasteiger partial charge in [-0.25, -0.2) is 9.50 Å². The van der Waals surface area contributed by atoms with Gasteiger partial charge in [0.25, 0.3) is 0 Å². The monoisotopic (exact) mass is 402 g/mol. The second-order valence-electron chi connectivity index (χ2n) is 7.12. The lowest BCUT2D eigenvalue weighted by atomic mass is 10.00. The Labute approximate surface area is 174 Å². The predicted molar refractivity (Wildman–Crippen MR) is 115 cm³/mol. The molecular weight excluding hydrogens is 380 g/mol. The molecule has 5 rings (SSSR count). The summed E-state index contributed by atoms with van der Waals surface area (Å²) in [5.41, 5.74) is 4.23. The second kappa shape index (κ2) is 7.55. The first kappa shape index (κ1) is 18.2. The van der Waals surface area contributed by atoms with E-state index < -0.39 is 0 Å². The Morgan fingerprint density at radius 2 is 1.77 bits per heavy atom. The van der Waals surface area contributed by atoms with E-state index in [9.17, 15) is 0 Å². The van der Waals surface area contributed by atoms with Crippen LogP contribution in [0.3, 0.4) is 0 Å². The van der Waals surface area contributed by atoms with Crippen molar-refractivity contribution in [3.63, 3.8) is 0 Å². The van der Waals surface area contributed by atoms with Crippen LogP contribution in [0.2, 0.25) is 0 Å². The van der Waals surface area contributed by atoms with E-state index in [1.54, 1.807) is 31.1 Å². The summed E-state index contributed by atoms with van der Waals surface area (Å²) in [6.45, 7) is 1.71. The quantitative estimate of drug-likeness (QED) is 0.548. The average molecular weight is 402 g/mol. The van der Waals surface area contributed by atoms with Gasteiger partial charge in [0.15, 0.2) is 11.5 Å². The van der Waals surface area contributed by atoms with Gasteiger partial charge in [-0.1, -0.05) is 24.3 Å². The van der Waals surface area contributed by atoms with Crippen molar-refractivity contribution in [3.8, 4) is 11.5 Å². The van der Waals surface area contributed by atoms with Crippen LogP contribution >= 0.6 is 0 Å². The minimum absolute atomic E-state index is 0.483. The number of anilines is 3. The summed E-state index contributed by atoms with van der Waals surface area (Å²) < 4.78 is 12.4. The Balaban J connectivity index is 1.46. The van der Waals surface area contributed by atoms with Gasteiger partial charge in [-0.3, -0.25) is 0 Å². The van der Waals surface area contributed by atoms with Crippen molar-refractivity contribution in [1.29, 1.82) is 0 Å². The molecule has 30 heavy (non-hydrogen) atoms. The van der Waals surface area contributed by atoms with Crippen molar-refractivity contribution in [1.82, 2.24) is 19.6 Å². The van der Waals surface area contributed by atoms with E-state index >= 15 is 0 Å². The smallest absolute Gasteiger partial charge is 0.247 e. The van der Waals surface area contributed by atoms with Crippen LogP contribution in [-0.4, -0.2) is 40.3 Å². The molecule has 152 valence electrons. The molecule has 2 aromatic heterocycles. The van der Waals surface area contributed by atoms with Crippen LogP contribution in [-0.2, 0) is 13.0 Å². The molecule has 8 heteroatoms. The van der Waals surface area contributed by atoms with Gasteiger partial charge in [-0.2, -0.15) is 4.98 Å². The molecule has 0 amide bonds. The van der Waals surface area contributed by atoms with Gasteiger partial charge < -0.3 is 19.7 Å². The van der Waals surface area contributed by atoms with Crippen LogP contribution < -0.4 is 19.7 Å². The molecule has 0 spiro atoms. The molecule has 0 unspecified atom stereocenters. The van der Waals surface area contributed by atoms with E-state index in [4.69, 9.17) is 14.5 Å². The third kappa shape index (κ3) is 3.36. The number of hydrogen-bond donors (Lipinski definition) is 1. The number of fused-ring (bicyclic) bond motifs is 2. The molecule has 0 fully saturated rings. The normalized spacial score (nSPS) is 13.2. The van der Waals surface area contributed by atoms with Crippen molar-refractivity contribution >= 4 is 23.1 Å². The zero-order valence-corrected chi connectivity index (χ0v) is 16.9. The van der Waals surface area contributed by atoms with Crippen molar-refractivity contribution < 1.29 is 9.47 Å². The largest absolute Gasteiger partial charge is 0.497 e. The number of ether oxygens (including phenoxy) is 2. The summed E-state index contributed by atoms with van der Waals surface area (Å²) in [5, 5.41) is 7.80. The highest BCUT2D eigenvalue weighted by molar-refractivity contribution is 5.68. The number of nitrogens with one attached hydrogen (secondary N) is 1. The first-order chi connectivity index (χ1) is 14.7. The molecule has 1 N–H and O–H groups in total. The number of aromatic nitrogens is 4. The fraction of sp³-hybridized carbons (Fsp3) is 0.227. The number of benzene rings is 2. The van der Waals surface area contributed by atoms with E-state index in [-0.39, 0.29) is 0 Å². The molecule has 0 saturated carbocycles. The molecule has 4 aromatic rings. The van der Waals surface area contributed by atoms with Crippen LogP contribution in [0.5, 0.6) is 11.5 Å². The van der Waals surface area contributed by atoms with E-state index in [2.05, 4.69) is 44.6 Å². The van der Waals surface area contributed by atoms with Gasteiger partial charge in [0, 0.05) is 49.4 Å². The topological polar surface area (TPSA) is 76.8 Å².